The smallest absolute Gasteiger partial charge is 0.0813 e. The molecular weight excluding hydrogens is 248 g/mol. The van der Waals surface area contributed by atoms with Gasteiger partial charge in [0.25, 0.3) is 0 Å². The maximum absolute atomic E-state index is 6.20. The molecule has 1 N–H and O–H groups in total. The fourth-order valence-electron chi connectivity index (χ4n) is 4.10. The number of nitrogens with zero attached hydrogens (tertiary/aromatic N) is 1. The lowest BCUT2D eigenvalue weighted by Gasteiger charge is -2.45. The molecule has 2 heterocycles. The van der Waals surface area contributed by atoms with E-state index in [0.29, 0.717) is 12.0 Å². The second-order valence-corrected chi connectivity index (χ2v) is 6.43. The molecule has 3 unspecified atom stereocenters. The van der Waals surface area contributed by atoms with Crippen molar-refractivity contribution in [2.75, 3.05) is 13.7 Å². The largest absolute Gasteiger partial charge is 0.374 e. The Morgan fingerprint density at radius 3 is 3.05 bits per heavy atom. The van der Waals surface area contributed by atoms with E-state index in [2.05, 4.69) is 31.4 Å². The molecule has 20 heavy (non-hydrogen) atoms. The Bertz CT molecular complexity index is 454. The molecule has 1 aliphatic carbocycles. The monoisotopic (exact) mass is 274 g/mol. The Kier molecular flexibility index (Phi) is 4.08. The Balaban J connectivity index is 1.90. The summed E-state index contributed by atoms with van der Waals surface area (Å²) in [5.41, 5.74) is 2.68. The van der Waals surface area contributed by atoms with Crippen molar-refractivity contribution < 1.29 is 4.74 Å². The third-order valence-electron chi connectivity index (χ3n) is 5.11. The van der Waals surface area contributed by atoms with Crippen LogP contribution in [0.25, 0.3) is 0 Å². The fourth-order valence-corrected chi connectivity index (χ4v) is 4.10. The molecule has 0 amide bonds. The summed E-state index contributed by atoms with van der Waals surface area (Å²) in [5.74, 6) is 0.480. The standard InChI is InChI=1S/C17H26N2O/c1-17(10-3-4-12-20-17)16(18-2)14-9-5-7-13-8-6-11-19-15(13)14/h6,8,11,14,16,18H,3-5,7,9-10,12H2,1-2H3. The predicted octanol–water partition coefficient (Wildman–Crippen LogP) is 3.05. The minimum absolute atomic E-state index is 0.0518. The van der Waals surface area contributed by atoms with E-state index in [4.69, 9.17) is 9.72 Å². The van der Waals surface area contributed by atoms with Gasteiger partial charge >= 0.3 is 0 Å². The quantitative estimate of drug-likeness (QED) is 0.920. The van der Waals surface area contributed by atoms with Crippen molar-refractivity contribution in [1.82, 2.24) is 10.3 Å². The summed E-state index contributed by atoms with van der Waals surface area (Å²) in [5, 5.41) is 3.56. The van der Waals surface area contributed by atoms with Crippen LogP contribution in [-0.4, -0.2) is 30.3 Å². The summed E-state index contributed by atoms with van der Waals surface area (Å²) < 4.78 is 6.20. The van der Waals surface area contributed by atoms with Gasteiger partial charge in [0.15, 0.2) is 0 Å². The third kappa shape index (κ3) is 2.49. The molecule has 3 heteroatoms. The minimum atomic E-state index is -0.0518. The second kappa shape index (κ2) is 5.82. The number of fused-ring (bicyclic) bond motifs is 1. The number of aryl methyl sites for hydroxylation is 1. The van der Waals surface area contributed by atoms with Gasteiger partial charge in [-0.05, 0) is 64.1 Å². The number of pyridine rings is 1. The first-order valence-corrected chi connectivity index (χ1v) is 7.99. The molecule has 1 aromatic heterocycles. The minimum Gasteiger partial charge on any atom is -0.374 e. The first kappa shape index (κ1) is 14.0. The van der Waals surface area contributed by atoms with Crippen LogP contribution in [0, 0.1) is 0 Å². The van der Waals surface area contributed by atoms with Gasteiger partial charge in [-0.15, -0.1) is 0 Å². The third-order valence-corrected chi connectivity index (χ3v) is 5.11. The van der Waals surface area contributed by atoms with Gasteiger partial charge in [0.05, 0.1) is 5.60 Å². The van der Waals surface area contributed by atoms with Crippen LogP contribution in [0.5, 0.6) is 0 Å². The molecule has 0 bridgehead atoms. The SMILES string of the molecule is CNC(C1CCCc2cccnc21)C1(C)CCCCO1. The van der Waals surface area contributed by atoms with Gasteiger partial charge in [0.1, 0.15) is 0 Å². The number of hydrogen-bond acceptors (Lipinski definition) is 3. The molecule has 3 rings (SSSR count). The summed E-state index contributed by atoms with van der Waals surface area (Å²) in [6.45, 7) is 3.18. The molecule has 0 saturated carbocycles. The molecule has 1 fully saturated rings. The van der Waals surface area contributed by atoms with Crippen molar-refractivity contribution in [1.29, 1.82) is 0 Å². The van der Waals surface area contributed by atoms with Crippen LogP contribution >= 0.6 is 0 Å². The highest BCUT2D eigenvalue weighted by atomic mass is 16.5. The molecule has 3 atom stereocenters. The van der Waals surface area contributed by atoms with Crippen molar-refractivity contribution >= 4 is 0 Å². The van der Waals surface area contributed by atoms with Crippen LogP contribution in [-0.2, 0) is 11.2 Å². The second-order valence-electron chi connectivity index (χ2n) is 6.43. The van der Waals surface area contributed by atoms with Crippen molar-refractivity contribution in [3.05, 3.63) is 29.6 Å². The molecule has 2 aliphatic rings. The van der Waals surface area contributed by atoms with Gasteiger partial charge in [-0.3, -0.25) is 4.98 Å². The number of rotatable bonds is 3. The van der Waals surface area contributed by atoms with E-state index in [0.717, 1.165) is 13.0 Å². The van der Waals surface area contributed by atoms with Gasteiger partial charge in [-0.25, -0.2) is 0 Å². The molecule has 0 radical (unpaired) electrons. The van der Waals surface area contributed by atoms with E-state index in [1.165, 1.54) is 43.4 Å². The van der Waals surface area contributed by atoms with E-state index >= 15 is 0 Å². The van der Waals surface area contributed by atoms with Crippen LogP contribution in [0.4, 0.5) is 0 Å². The summed E-state index contributed by atoms with van der Waals surface area (Å²) in [6.07, 6.45) is 9.22. The summed E-state index contributed by atoms with van der Waals surface area (Å²) in [7, 11) is 2.07. The van der Waals surface area contributed by atoms with E-state index in [1.807, 2.05) is 6.20 Å². The van der Waals surface area contributed by atoms with Crippen molar-refractivity contribution in [3.63, 3.8) is 0 Å². The van der Waals surface area contributed by atoms with E-state index < -0.39 is 0 Å². The fraction of sp³-hybridized carbons (Fsp3) is 0.706. The zero-order chi connectivity index (χ0) is 14.0. The van der Waals surface area contributed by atoms with Crippen LogP contribution in [0.15, 0.2) is 18.3 Å². The van der Waals surface area contributed by atoms with E-state index in [-0.39, 0.29) is 5.60 Å². The van der Waals surface area contributed by atoms with Crippen LogP contribution < -0.4 is 5.32 Å². The van der Waals surface area contributed by atoms with Gasteiger partial charge in [-0.2, -0.15) is 0 Å². The number of likely N-dealkylation sites (N-methyl/N-ethyl adjacent to an activating group) is 1. The zero-order valence-corrected chi connectivity index (χ0v) is 12.7. The Labute approximate surface area is 122 Å². The van der Waals surface area contributed by atoms with E-state index in [1.54, 1.807) is 0 Å². The Morgan fingerprint density at radius 2 is 2.30 bits per heavy atom. The Hall–Kier alpha value is -0.930. The molecule has 110 valence electrons. The van der Waals surface area contributed by atoms with Gasteiger partial charge in [-0.1, -0.05) is 6.07 Å². The van der Waals surface area contributed by atoms with Crippen molar-refractivity contribution in [2.45, 2.75) is 63.0 Å². The lowest BCUT2D eigenvalue weighted by molar-refractivity contribution is -0.0936. The van der Waals surface area contributed by atoms with Gasteiger partial charge < -0.3 is 10.1 Å². The van der Waals surface area contributed by atoms with Crippen LogP contribution in [0.3, 0.4) is 0 Å². The molecule has 0 aromatic carbocycles. The molecule has 1 saturated heterocycles. The molecular formula is C17H26N2O. The summed E-state index contributed by atoms with van der Waals surface area (Å²) in [4.78, 5) is 4.70. The van der Waals surface area contributed by atoms with E-state index in [9.17, 15) is 0 Å². The maximum atomic E-state index is 6.20. The van der Waals surface area contributed by atoms with Crippen LogP contribution in [0.2, 0.25) is 0 Å². The lowest BCUT2D eigenvalue weighted by atomic mass is 9.74. The topological polar surface area (TPSA) is 34.2 Å². The predicted molar refractivity (Wildman–Crippen MR) is 81.0 cm³/mol. The number of aromatic nitrogens is 1. The highest BCUT2D eigenvalue weighted by Crippen LogP contribution is 2.40. The highest BCUT2D eigenvalue weighted by Gasteiger charge is 2.42. The van der Waals surface area contributed by atoms with Gasteiger partial charge in [0.2, 0.25) is 0 Å². The maximum Gasteiger partial charge on any atom is 0.0813 e. The average Bonchev–Trinajstić information content (AvgIpc) is 2.49. The number of ether oxygens (including phenoxy) is 1. The Morgan fingerprint density at radius 1 is 1.40 bits per heavy atom. The summed E-state index contributed by atoms with van der Waals surface area (Å²) in [6, 6.07) is 4.66. The first-order valence-electron chi connectivity index (χ1n) is 7.99. The average molecular weight is 274 g/mol. The van der Waals surface area contributed by atoms with Crippen LogP contribution in [0.1, 0.15) is 56.2 Å². The molecule has 1 aromatic rings. The molecule has 3 nitrogen and oxygen atoms in total. The van der Waals surface area contributed by atoms with Gasteiger partial charge in [0, 0.05) is 30.5 Å². The van der Waals surface area contributed by atoms with Crippen molar-refractivity contribution in [2.24, 2.45) is 0 Å². The number of hydrogen-bond donors (Lipinski definition) is 1. The number of nitrogens with one attached hydrogen (secondary N) is 1. The molecule has 0 spiro atoms. The normalized spacial score (nSPS) is 31.6. The zero-order valence-electron chi connectivity index (χ0n) is 12.7. The summed E-state index contributed by atoms with van der Waals surface area (Å²) >= 11 is 0. The lowest BCUT2D eigenvalue weighted by Crippen LogP contribution is -2.54. The van der Waals surface area contributed by atoms with Crippen molar-refractivity contribution in [3.8, 4) is 0 Å². The molecule has 1 aliphatic heterocycles. The first-order chi connectivity index (χ1) is 9.74. The highest BCUT2D eigenvalue weighted by molar-refractivity contribution is 5.28.